The van der Waals surface area contributed by atoms with Crippen LogP contribution in [0.25, 0.3) is 0 Å². The van der Waals surface area contributed by atoms with E-state index < -0.39 is 310 Å². The molecule has 7 aliphatic rings. The van der Waals surface area contributed by atoms with E-state index in [9.17, 15) is 137 Å². The Morgan fingerprint density at radius 3 is 1.12 bits per heavy atom. The zero-order valence-corrected chi connectivity index (χ0v) is 52.4. The van der Waals surface area contributed by atoms with Gasteiger partial charge < -0.3 is 205 Å². The Kier molecular flexibility index (Phi) is 30.4. The number of hydrogen-bond donors (Lipinski definition) is 26. The molecule has 0 radical (unpaired) electrons. The summed E-state index contributed by atoms with van der Waals surface area (Å²) in [6.07, 6.45) is -75.4. The number of aldehydes is 1. The minimum Gasteiger partial charge on any atom is -0.394 e. The van der Waals surface area contributed by atoms with Crippen molar-refractivity contribution in [2.45, 2.75) is 260 Å². The van der Waals surface area contributed by atoms with Crippen molar-refractivity contribution in [2.75, 3.05) is 52.9 Å². The molecule has 7 rings (SSSR count). The summed E-state index contributed by atoms with van der Waals surface area (Å²) in [5, 5.41) is 258. The lowest BCUT2D eigenvalue weighted by Gasteiger charge is -2.50. The molecule has 7 fully saturated rings. The maximum atomic E-state index is 12.8. The molecule has 0 bridgehead atoms. The average Bonchev–Trinajstić information content (AvgIpc) is 0.782. The monoisotopic (exact) mass is 1440 g/mol. The van der Waals surface area contributed by atoms with Crippen molar-refractivity contribution in [3.63, 3.8) is 0 Å². The van der Waals surface area contributed by atoms with Gasteiger partial charge in [0.05, 0.1) is 52.9 Å². The highest BCUT2D eigenvalue weighted by Gasteiger charge is 2.59. The van der Waals surface area contributed by atoms with Gasteiger partial charge in [-0.25, -0.2) is 0 Å². The van der Waals surface area contributed by atoms with Gasteiger partial charge in [0.25, 0.3) is 0 Å². The molecular weight excluding hydrogens is 1350 g/mol. The first kappa shape index (κ1) is 81.9. The number of rotatable bonds is 29. The maximum Gasteiger partial charge on any atom is 0.217 e. The molecular formula is C54H91N3O41. The average molecular weight is 1440 g/mol. The Morgan fingerprint density at radius 2 is 0.735 bits per heavy atom. The third kappa shape index (κ3) is 18.4. The van der Waals surface area contributed by atoms with E-state index in [-0.39, 0.29) is 6.29 Å². The van der Waals surface area contributed by atoms with Crippen LogP contribution in [-0.2, 0) is 85.5 Å². The zero-order chi connectivity index (χ0) is 72.6. The van der Waals surface area contributed by atoms with Crippen molar-refractivity contribution in [3.8, 4) is 0 Å². The molecule has 0 unspecified atom stereocenters. The van der Waals surface area contributed by atoms with E-state index in [1.54, 1.807) is 0 Å². The molecule has 3 amide bonds. The van der Waals surface area contributed by atoms with Gasteiger partial charge in [-0.05, 0) is 0 Å². The minimum absolute atomic E-state index is 0.0119. The van der Waals surface area contributed by atoms with Gasteiger partial charge in [0.1, 0.15) is 201 Å². The molecule has 0 spiro atoms. The highest BCUT2D eigenvalue weighted by Crippen LogP contribution is 2.38. The molecule has 26 N–H and O–H groups in total. The van der Waals surface area contributed by atoms with Crippen molar-refractivity contribution in [2.24, 2.45) is 0 Å². The lowest BCUT2D eigenvalue weighted by atomic mass is 9.94. The normalized spacial score (nSPS) is 46.1. The number of carbonyl (C=O) groups is 4. The zero-order valence-electron chi connectivity index (χ0n) is 52.4. The quantitative estimate of drug-likeness (QED) is 0.0309. The van der Waals surface area contributed by atoms with E-state index in [0.29, 0.717) is 0 Å². The van der Waals surface area contributed by atoms with Gasteiger partial charge in [-0.2, -0.15) is 0 Å². The molecule has 7 saturated heterocycles. The molecule has 0 aromatic heterocycles. The largest absolute Gasteiger partial charge is 0.394 e. The van der Waals surface area contributed by atoms with E-state index >= 15 is 0 Å². The summed E-state index contributed by atoms with van der Waals surface area (Å²) in [7, 11) is 0. The number of nitrogens with one attached hydrogen (secondary N) is 3. The van der Waals surface area contributed by atoms with Crippen molar-refractivity contribution in [1.29, 1.82) is 0 Å². The van der Waals surface area contributed by atoms with Gasteiger partial charge in [0.2, 0.25) is 17.7 Å². The van der Waals surface area contributed by atoms with E-state index in [4.69, 9.17) is 66.3 Å². The predicted molar refractivity (Wildman–Crippen MR) is 300 cm³/mol. The fraction of sp³-hybridized carbons (Fsp3) is 0.926. The summed E-state index contributed by atoms with van der Waals surface area (Å²) < 4.78 is 81.7. The van der Waals surface area contributed by atoms with Gasteiger partial charge >= 0.3 is 0 Å². The van der Waals surface area contributed by atoms with Gasteiger partial charge in [0.15, 0.2) is 44.0 Å². The second-order valence-electron chi connectivity index (χ2n) is 24.3. The number of aliphatic hydroxyl groups excluding tert-OH is 23. The van der Waals surface area contributed by atoms with Gasteiger partial charge in [-0.3, -0.25) is 14.4 Å². The molecule has 0 saturated carbocycles. The predicted octanol–water partition coefficient (Wildman–Crippen LogP) is -18.2. The van der Waals surface area contributed by atoms with Crippen LogP contribution in [0.15, 0.2) is 0 Å². The first-order valence-corrected chi connectivity index (χ1v) is 30.9. The third-order valence-electron chi connectivity index (χ3n) is 17.4. The van der Waals surface area contributed by atoms with Gasteiger partial charge in [-0.15, -0.1) is 0 Å². The Labute approximate surface area is 554 Å². The SMILES string of the molecule is CC(=O)N[C@H]1[C@H](O[C@@H]2[C@@H](OC[C@H]3O[C@@H](O[C@@H]([C@H](O)[C@H](C=O)NC(C)=O)[C@H](O)CO)[C@@H](O)[C@@H](O[C@H]4O[C@H](CO)[C@@H](O)[C@H](O)[C@@H]4O[C@@H]4O[C@H](CO)[C@@H](O[C@@H]5O[C@H](CO)[C@H](O)[C@H](O)[C@H]5O)[C@H](O)[C@H]4NC(C)=O)[C@@H]3O)O[C@H](CO)[C@@H](O)[C@@H]2O)O[C@H](CO)[C@@H](O[C@@H]2O[C@H](CO)[C@H](O)[C@H](O)[C@H]2O)[C@@H]1O. The lowest BCUT2D eigenvalue weighted by molar-refractivity contribution is -0.395. The third-order valence-corrected chi connectivity index (χ3v) is 17.4. The molecule has 7 heterocycles. The summed E-state index contributed by atoms with van der Waals surface area (Å²) in [5.41, 5.74) is 0. The van der Waals surface area contributed by atoms with E-state index in [1.165, 1.54) is 0 Å². The lowest BCUT2D eigenvalue weighted by Crippen LogP contribution is -2.70. The van der Waals surface area contributed by atoms with Crippen LogP contribution in [0.1, 0.15) is 20.8 Å². The van der Waals surface area contributed by atoms with Crippen LogP contribution in [-0.4, -0.2) is 433 Å². The second-order valence-corrected chi connectivity index (χ2v) is 24.3. The maximum absolute atomic E-state index is 12.8. The number of hydrogen-bond acceptors (Lipinski definition) is 41. The van der Waals surface area contributed by atoms with Crippen molar-refractivity contribution >= 4 is 24.0 Å². The molecule has 0 aliphatic carbocycles. The first-order chi connectivity index (χ1) is 46.3. The highest BCUT2D eigenvalue weighted by molar-refractivity contribution is 5.77. The van der Waals surface area contributed by atoms with Crippen LogP contribution in [0, 0.1) is 0 Å². The number of ether oxygens (including phenoxy) is 14. The summed E-state index contributed by atoms with van der Waals surface area (Å²) in [5.74, 6) is -2.78. The van der Waals surface area contributed by atoms with Crippen LogP contribution in [0.3, 0.4) is 0 Å². The van der Waals surface area contributed by atoms with Crippen LogP contribution >= 0.6 is 0 Å². The molecule has 568 valence electrons. The molecule has 44 heteroatoms. The summed E-state index contributed by atoms with van der Waals surface area (Å²) in [6.45, 7) is -5.99. The summed E-state index contributed by atoms with van der Waals surface area (Å²) in [4.78, 5) is 49.8. The van der Waals surface area contributed by atoms with E-state index in [2.05, 4.69) is 16.0 Å². The smallest absolute Gasteiger partial charge is 0.217 e. The Hall–Kier alpha value is -3.40. The van der Waals surface area contributed by atoms with Gasteiger partial charge in [-0.1, -0.05) is 0 Å². The topological polar surface area (TPSA) is 699 Å². The molecule has 44 nitrogen and oxygen atoms in total. The molecule has 7 aliphatic heterocycles. The van der Waals surface area contributed by atoms with Crippen LogP contribution in [0.4, 0.5) is 0 Å². The Bertz CT molecular complexity index is 2490. The van der Waals surface area contributed by atoms with Crippen molar-refractivity contribution in [1.82, 2.24) is 16.0 Å². The Balaban J connectivity index is 1.22. The second kappa shape index (κ2) is 36.3. The van der Waals surface area contributed by atoms with Crippen molar-refractivity contribution < 1.29 is 203 Å². The summed E-state index contributed by atoms with van der Waals surface area (Å²) >= 11 is 0. The van der Waals surface area contributed by atoms with E-state index in [1.807, 2.05) is 0 Å². The molecule has 98 heavy (non-hydrogen) atoms. The number of amides is 3. The summed E-state index contributed by atoms with van der Waals surface area (Å²) in [6, 6.07) is -5.74. The van der Waals surface area contributed by atoms with Crippen molar-refractivity contribution in [3.05, 3.63) is 0 Å². The Morgan fingerprint density at radius 1 is 0.378 bits per heavy atom. The fourth-order valence-corrected chi connectivity index (χ4v) is 12.1. The first-order valence-electron chi connectivity index (χ1n) is 30.9. The molecule has 0 aromatic carbocycles. The molecule has 39 atom stereocenters. The van der Waals surface area contributed by atoms with Crippen LogP contribution in [0.2, 0.25) is 0 Å². The van der Waals surface area contributed by atoms with E-state index in [0.717, 1.165) is 20.8 Å². The van der Waals surface area contributed by atoms with Crippen LogP contribution in [0.5, 0.6) is 0 Å². The molecule has 0 aromatic rings. The number of carbonyl (C=O) groups excluding carboxylic acids is 4. The minimum atomic E-state index is -2.55. The van der Waals surface area contributed by atoms with Gasteiger partial charge in [0, 0.05) is 20.8 Å². The standard InChI is InChI=1S/C54H91N3O41/c1-13(66)55-16(4-58)27(70)42(17(69)5-59)93-52-41(84)45(96-54-47(38(81)31(74)21(9-63)89-54)98-49-26(57-15(3)68)34(77)44(23(11-65)91-49)95-51-40(83)36(79)29(72)19(7-61)87-51)32(75)24(92-52)12-85-53-46(37(80)30(73)20(8-62)88-53)97-48-25(56-14(2)67)33(76)43(22(10-64)90-48)94-50-39(82)35(78)28(71)18(6-60)86-50/h4,16-54,59-65,69-84H,5-12H2,1-3H3,(H,55,66)(H,56,67)(H,57,68)/t16-,17+,18+,19+,20+,21+,22+,23+,24+,25+,26+,27+,28-,29-,30+,31+,32+,33+,34+,35-,36-,37-,38-,39+,40+,41-,42+,43+,44+,45-,46-,47-,48-,49-,50-,51-,52-,53-,54+/m0/s1. The number of aliphatic hydroxyl groups is 23. The highest BCUT2D eigenvalue weighted by atomic mass is 16.8. The fourth-order valence-electron chi connectivity index (χ4n) is 12.1. The van der Waals surface area contributed by atoms with Crippen LogP contribution < -0.4 is 16.0 Å².